The van der Waals surface area contributed by atoms with Gasteiger partial charge >= 0.3 is 5.97 Å². The zero-order valence-electron chi connectivity index (χ0n) is 19.5. The summed E-state index contributed by atoms with van der Waals surface area (Å²) in [6, 6.07) is 20.3. The standard InChI is InChI=1S/C29H29NO3S/c1-5-22-18-27(28(32-4)19-23(22)6-2)30-26-15-14-25(34-20-21-11-9-8-10-12-21)17-24(26)13-16-29(31)33-7-3/h5-6,8-19,30H,1-2,7,20H2,3-4H3/b16-13+. The maximum absolute atomic E-state index is 12.0. The number of ether oxygens (including phenoxy) is 2. The van der Waals surface area contributed by atoms with E-state index in [-0.39, 0.29) is 5.97 Å². The van der Waals surface area contributed by atoms with Gasteiger partial charge in [0.25, 0.3) is 0 Å². The summed E-state index contributed by atoms with van der Waals surface area (Å²) in [7, 11) is 1.63. The molecule has 0 aliphatic rings. The normalized spacial score (nSPS) is 10.6. The Balaban J connectivity index is 1.94. The monoisotopic (exact) mass is 471 g/mol. The van der Waals surface area contributed by atoms with Gasteiger partial charge in [0.15, 0.2) is 0 Å². The number of rotatable bonds is 11. The predicted octanol–water partition coefficient (Wildman–Crippen LogP) is 7.59. The first-order valence-corrected chi connectivity index (χ1v) is 12.0. The Hall–Kier alpha value is -3.70. The summed E-state index contributed by atoms with van der Waals surface area (Å²) in [6.07, 6.45) is 6.77. The van der Waals surface area contributed by atoms with Crippen molar-refractivity contribution in [1.29, 1.82) is 0 Å². The second-order valence-corrected chi connectivity index (χ2v) is 8.37. The molecule has 0 aromatic heterocycles. The fraction of sp³-hybridized carbons (Fsp3) is 0.138. The van der Waals surface area contributed by atoms with Crippen molar-refractivity contribution in [3.05, 3.63) is 102 Å². The van der Waals surface area contributed by atoms with Gasteiger partial charge in [-0.25, -0.2) is 4.79 Å². The summed E-state index contributed by atoms with van der Waals surface area (Å²) < 4.78 is 10.7. The molecule has 0 amide bonds. The van der Waals surface area contributed by atoms with Crippen LogP contribution in [-0.4, -0.2) is 19.7 Å². The largest absolute Gasteiger partial charge is 0.495 e. The lowest BCUT2D eigenvalue weighted by Gasteiger charge is -2.16. The highest BCUT2D eigenvalue weighted by Gasteiger charge is 2.11. The first kappa shape index (κ1) is 24.9. The quantitative estimate of drug-likeness (QED) is 0.177. The van der Waals surface area contributed by atoms with Crippen molar-refractivity contribution in [2.75, 3.05) is 19.0 Å². The Morgan fingerprint density at radius 3 is 2.38 bits per heavy atom. The van der Waals surface area contributed by atoms with Crippen LogP contribution in [0.2, 0.25) is 0 Å². The van der Waals surface area contributed by atoms with Gasteiger partial charge in [-0.1, -0.05) is 55.6 Å². The second-order valence-electron chi connectivity index (χ2n) is 7.32. The molecule has 0 bridgehead atoms. The summed E-state index contributed by atoms with van der Waals surface area (Å²) in [4.78, 5) is 13.1. The number of carbonyl (C=O) groups excluding carboxylic acids is 1. The van der Waals surface area contributed by atoms with Crippen molar-refractivity contribution >= 4 is 47.3 Å². The van der Waals surface area contributed by atoms with Gasteiger partial charge in [-0.05, 0) is 65.6 Å². The molecule has 0 aliphatic carbocycles. The molecule has 0 heterocycles. The Morgan fingerprint density at radius 1 is 0.971 bits per heavy atom. The molecule has 0 atom stereocenters. The number of nitrogens with one attached hydrogen (secondary N) is 1. The molecule has 3 rings (SSSR count). The molecule has 0 unspecified atom stereocenters. The van der Waals surface area contributed by atoms with Crippen LogP contribution in [0.1, 0.15) is 29.2 Å². The van der Waals surface area contributed by atoms with E-state index in [0.717, 1.165) is 38.7 Å². The number of hydrogen-bond acceptors (Lipinski definition) is 5. The van der Waals surface area contributed by atoms with Crippen molar-refractivity contribution in [3.8, 4) is 5.75 Å². The molecule has 34 heavy (non-hydrogen) atoms. The average molecular weight is 472 g/mol. The Kier molecular flexibility index (Phi) is 9.18. The van der Waals surface area contributed by atoms with Gasteiger partial charge in [0.05, 0.1) is 19.4 Å². The maximum atomic E-state index is 12.0. The Bertz CT molecular complexity index is 1190. The molecule has 0 radical (unpaired) electrons. The average Bonchev–Trinajstić information content (AvgIpc) is 2.87. The first-order chi connectivity index (χ1) is 16.6. The van der Waals surface area contributed by atoms with E-state index in [1.54, 1.807) is 44.0 Å². The van der Waals surface area contributed by atoms with E-state index < -0.39 is 0 Å². The van der Waals surface area contributed by atoms with E-state index in [9.17, 15) is 4.79 Å². The van der Waals surface area contributed by atoms with Gasteiger partial charge in [0.1, 0.15) is 5.75 Å². The highest BCUT2D eigenvalue weighted by Crippen LogP contribution is 2.35. The molecule has 1 N–H and O–H groups in total. The van der Waals surface area contributed by atoms with Crippen molar-refractivity contribution in [3.63, 3.8) is 0 Å². The molecule has 0 fully saturated rings. The van der Waals surface area contributed by atoms with Crippen LogP contribution in [0.4, 0.5) is 11.4 Å². The number of hydrogen-bond donors (Lipinski definition) is 1. The number of esters is 1. The highest BCUT2D eigenvalue weighted by atomic mass is 32.2. The summed E-state index contributed by atoms with van der Waals surface area (Å²) in [5, 5.41) is 3.46. The number of methoxy groups -OCH3 is 1. The fourth-order valence-corrected chi connectivity index (χ4v) is 4.25. The molecule has 4 nitrogen and oxygen atoms in total. The van der Waals surface area contributed by atoms with Gasteiger partial charge < -0.3 is 14.8 Å². The number of anilines is 2. The molecule has 3 aromatic rings. The third-order valence-corrected chi connectivity index (χ3v) is 6.14. The summed E-state index contributed by atoms with van der Waals surface area (Å²) in [6.45, 7) is 9.89. The molecular formula is C29H29NO3S. The lowest BCUT2D eigenvalue weighted by Crippen LogP contribution is -2.00. The van der Waals surface area contributed by atoms with Crippen LogP contribution in [0, 0.1) is 0 Å². The van der Waals surface area contributed by atoms with Crippen LogP contribution < -0.4 is 10.1 Å². The number of benzene rings is 3. The van der Waals surface area contributed by atoms with E-state index in [1.165, 1.54) is 11.6 Å². The zero-order valence-corrected chi connectivity index (χ0v) is 20.4. The third kappa shape index (κ3) is 6.65. The SMILES string of the molecule is C=Cc1cc(Nc2ccc(SCc3ccccc3)cc2/C=C/C(=O)OCC)c(OC)cc1C=C. The molecule has 3 aromatic carbocycles. The van der Waals surface area contributed by atoms with Crippen LogP contribution in [-0.2, 0) is 15.3 Å². The lowest BCUT2D eigenvalue weighted by atomic mass is 10.0. The van der Waals surface area contributed by atoms with Crippen LogP contribution in [0.25, 0.3) is 18.2 Å². The zero-order chi connectivity index (χ0) is 24.3. The third-order valence-electron chi connectivity index (χ3n) is 5.07. The fourth-order valence-electron chi connectivity index (χ4n) is 3.35. The van der Waals surface area contributed by atoms with Crippen LogP contribution in [0.5, 0.6) is 5.75 Å². The smallest absolute Gasteiger partial charge is 0.330 e. The van der Waals surface area contributed by atoms with Gasteiger partial charge in [0, 0.05) is 22.4 Å². The maximum Gasteiger partial charge on any atom is 0.330 e. The van der Waals surface area contributed by atoms with E-state index in [4.69, 9.17) is 9.47 Å². The lowest BCUT2D eigenvalue weighted by molar-refractivity contribution is -0.137. The summed E-state index contributed by atoms with van der Waals surface area (Å²) in [5.41, 5.74) is 5.62. The van der Waals surface area contributed by atoms with Crippen LogP contribution in [0.3, 0.4) is 0 Å². The number of thioether (sulfide) groups is 1. The van der Waals surface area contributed by atoms with Crippen LogP contribution in [0.15, 0.2) is 84.8 Å². The molecular weight excluding hydrogens is 442 g/mol. The van der Waals surface area contributed by atoms with E-state index in [1.807, 2.05) is 36.4 Å². The van der Waals surface area contributed by atoms with Gasteiger partial charge in [-0.2, -0.15) is 0 Å². The topological polar surface area (TPSA) is 47.6 Å². The van der Waals surface area contributed by atoms with Gasteiger partial charge in [-0.15, -0.1) is 11.8 Å². The van der Waals surface area contributed by atoms with Crippen molar-refractivity contribution in [2.24, 2.45) is 0 Å². The molecule has 0 spiro atoms. The Labute approximate surface area is 206 Å². The Morgan fingerprint density at radius 2 is 1.71 bits per heavy atom. The predicted molar refractivity (Wildman–Crippen MR) is 145 cm³/mol. The minimum absolute atomic E-state index is 0.332. The highest BCUT2D eigenvalue weighted by molar-refractivity contribution is 7.98. The van der Waals surface area contributed by atoms with E-state index in [2.05, 4.69) is 42.7 Å². The van der Waals surface area contributed by atoms with Gasteiger partial charge in [0.2, 0.25) is 0 Å². The molecule has 0 aliphatic heterocycles. The molecule has 0 saturated heterocycles. The minimum atomic E-state index is -0.377. The second kappa shape index (κ2) is 12.5. The number of carbonyl (C=O) groups is 1. The first-order valence-electron chi connectivity index (χ1n) is 11.0. The minimum Gasteiger partial charge on any atom is -0.495 e. The van der Waals surface area contributed by atoms with Crippen molar-refractivity contribution in [1.82, 2.24) is 0 Å². The summed E-state index contributed by atoms with van der Waals surface area (Å²) in [5.74, 6) is 1.16. The van der Waals surface area contributed by atoms with E-state index in [0.29, 0.717) is 12.4 Å². The molecule has 174 valence electrons. The summed E-state index contributed by atoms with van der Waals surface area (Å²) >= 11 is 1.74. The van der Waals surface area contributed by atoms with Crippen LogP contribution >= 0.6 is 11.8 Å². The molecule has 0 saturated carbocycles. The van der Waals surface area contributed by atoms with Gasteiger partial charge in [-0.3, -0.25) is 0 Å². The molecule has 5 heteroatoms. The van der Waals surface area contributed by atoms with Crippen molar-refractivity contribution in [2.45, 2.75) is 17.6 Å². The van der Waals surface area contributed by atoms with E-state index >= 15 is 0 Å². The van der Waals surface area contributed by atoms with Crippen molar-refractivity contribution < 1.29 is 14.3 Å².